The average molecular weight is 389 g/mol. The lowest BCUT2D eigenvalue weighted by Crippen LogP contribution is -2.34. The molecule has 0 radical (unpaired) electrons. The third kappa shape index (κ3) is 5.94. The minimum atomic E-state index is -0.448. The van der Waals surface area contributed by atoms with E-state index < -0.39 is 5.97 Å². The van der Waals surface area contributed by atoms with Crippen LogP contribution in [0.15, 0.2) is 84.9 Å². The van der Waals surface area contributed by atoms with E-state index in [1.807, 2.05) is 60.7 Å². The molecule has 0 aliphatic heterocycles. The molecular formula is C24H23NO4. The first-order chi connectivity index (χ1) is 14.2. The molecule has 1 amide bonds. The van der Waals surface area contributed by atoms with Gasteiger partial charge in [0, 0.05) is 13.1 Å². The van der Waals surface area contributed by atoms with E-state index in [-0.39, 0.29) is 12.5 Å². The summed E-state index contributed by atoms with van der Waals surface area (Å²) in [6.07, 6.45) is 0. The summed E-state index contributed by atoms with van der Waals surface area (Å²) >= 11 is 0. The van der Waals surface area contributed by atoms with Crippen molar-refractivity contribution in [3.05, 3.63) is 102 Å². The van der Waals surface area contributed by atoms with Crippen molar-refractivity contribution >= 4 is 11.9 Å². The van der Waals surface area contributed by atoms with Crippen molar-refractivity contribution in [2.75, 3.05) is 13.7 Å². The summed E-state index contributed by atoms with van der Waals surface area (Å²) in [6.45, 7) is 0.852. The lowest BCUT2D eigenvalue weighted by atomic mass is 10.1. The van der Waals surface area contributed by atoms with E-state index in [2.05, 4.69) is 0 Å². The monoisotopic (exact) mass is 389 g/mol. The van der Waals surface area contributed by atoms with Gasteiger partial charge in [-0.15, -0.1) is 0 Å². The Hall–Kier alpha value is -3.60. The number of hydrogen-bond acceptors (Lipinski definition) is 4. The predicted octanol–water partition coefficient (Wildman–Crippen LogP) is 4.08. The average Bonchev–Trinajstić information content (AvgIpc) is 2.78. The van der Waals surface area contributed by atoms with Crippen molar-refractivity contribution in [2.24, 2.45) is 0 Å². The molecule has 0 N–H and O–H groups in total. The van der Waals surface area contributed by atoms with E-state index in [4.69, 9.17) is 9.47 Å². The maximum atomic E-state index is 12.9. The second kappa shape index (κ2) is 10.1. The first-order valence-electron chi connectivity index (χ1n) is 9.32. The summed E-state index contributed by atoms with van der Waals surface area (Å²) in [5.74, 6) is -0.140. The zero-order chi connectivity index (χ0) is 20.5. The van der Waals surface area contributed by atoms with Crippen molar-refractivity contribution in [3.63, 3.8) is 0 Å². The molecule has 5 nitrogen and oxygen atoms in total. The van der Waals surface area contributed by atoms with Gasteiger partial charge >= 0.3 is 5.97 Å². The lowest BCUT2D eigenvalue weighted by Gasteiger charge is -2.23. The highest BCUT2D eigenvalue weighted by Gasteiger charge is 2.16. The highest BCUT2D eigenvalue weighted by atomic mass is 16.5. The first-order valence-corrected chi connectivity index (χ1v) is 9.32. The molecule has 5 heteroatoms. The number of nitrogens with zero attached hydrogens (tertiary/aromatic N) is 1. The van der Waals surface area contributed by atoms with Crippen LogP contribution >= 0.6 is 0 Å². The molecule has 0 fully saturated rings. The number of methoxy groups -OCH3 is 1. The number of esters is 1. The molecule has 29 heavy (non-hydrogen) atoms. The molecule has 0 bridgehead atoms. The quantitative estimate of drug-likeness (QED) is 0.545. The first kappa shape index (κ1) is 20.1. The van der Waals surface area contributed by atoms with Crippen LogP contribution < -0.4 is 4.74 Å². The fourth-order valence-electron chi connectivity index (χ4n) is 2.91. The minimum absolute atomic E-state index is 0.121. The van der Waals surface area contributed by atoms with Crippen molar-refractivity contribution in [2.45, 2.75) is 13.1 Å². The van der Waals surface area contributed by atoms with Crippen LogP contribution in [0.3, 0.4) is 0 Å². The second-order valence-corrected chi connectivity index (χ2v) is 6.53. The topological polar surface area (TPSA) is 55.8 Å². The number of carbonyl (C=O) groups excluding carboxylic acids is 2. The van der Waals surface area contributed by atoms with Crippen molar-refractivity contribution in [1.82, 2.24) is 4.90 Å². The fourth-order valence-corrected chi connectivity index (χ4v) is 2.91. The van der Waals surface area contributed by atoms with Crippen molar-refractivity contribution in [1.29, 1.82) is 0 Å². The number of benzene rings is 3. The Kier molecular flexibility index (Phi) is 7.00. The van der Waals surface area contributed by atoms with E-state index in [1.54, 1.807) is 29.2 Å². The van der Waals surface area contributed by atoms with Gasteiger partial charge in [-0.2, -0.15) is 0 Å². The van der Waals surface area contributed by atoms with Gasteiger partial charge in [0.15, 0.2) is 6.61 Å². The maximum absolute atomic E-state index is 12.9. The van der Waals surface area contributed by atoms with Crippen molar-refractivity contribution < 1.29 is 19.1 Å². The number of hydrogen-bond donors (Lipinski definition) is 0. The van der Waals surface area contributed by atoms with Crippen LogP contribution in [0.2, 0.25) is 0 Å². The Labute approximate surface area is 170 Å². The van der Waals surface area contributed by atoms with Gasteiger partial charge in [0.1, 0.15) is 5.75 Å². The summed E-state index contributed by atoms with van der Waals surface area (Å²) in [6, 6.07) is 26.3. The molecular weight excluding hydrogens is 366 g/mol. The molecule has 0 aliphatic rings. The van der Waals surface area contributed by atoms with Gasteiger partial charge in [-0.05, 0) is 29.3 Å². The minimum Gasteiger partial charge on any atom is -0.484 e. The van der Waals surface area contributed by atoms with Gasteiger partial charge in [-0.3, -0.25) is 4.79 Å². The molecule has 3 aromatic rings. The summed E-state index contributed by atoms with van der Waals surface area (Å²) in [5.41, 5.74) is 2.47. The maximum Gasteiger partial charge on any atom is 0.337 e. The van der Waals surface area contributed by atoms with Gasteiger partial charge in [-0.1, -0.05) is 66.7 Å². The molecule has 3 aromatic carbocycles. The number of amides is 1. The van der Waals surface area contributed by atoms with Crippen LogP contribution in [0.1, 0.15) is 21.5 Å². The third-order valence-electron chi connectivity index (χ3n) is 4.40. The molecule has 0 aromatic heterocycles. The van der Waals surface area contributed by atoms with E-state index >= 15 is 0 Å². The van der Waals surface area contributed by atoms with Crippen LogP contribution in [0, 0.1) is 0 Å². The number of carbonyl (C=O) groups is 2. The lowest BCUT2D eigenvalue weighted by molar-refractivity contribution is -0.134. The second-order valence-electron chi connectivity index (χ2n) is 6.53. The molecule has 0 saturated carbocycles. The zero-order valence-electron chi connectivity index (χ0n) is 16.3. The molecule has 0 unspecified atom stereocenters. The largest absolute Gasteiger partial charge is 0.484 e. The molecule has 148 valence electrons. The van der Waals surface area contributed by atoms with Crippen molar-refractivity contribution in [3.8, 4) is 5.75 Å². The number of rotatable bonds is 8. The summed E-state index contributed by atoms with van der Waals surface area (Å²) in [7, 11) is 1.32. The molecule has 0 aliphatic carbocycles. The van der Waals surface area contributed by atoms with Gasteiger partial charge in [0.05, 0.1) is 12.7 Å². The van der Waals surface area contributed by atoms with Crippen LogP contribution in [0.5, 0.6) is 5.75 Å². The Morgan fingerprint density at radius 1 is 0.793 bits per heavy atom. The van der Waals surface area contributed by atoms with E-state index in [0.717, 1.165) is 11.1 Å². The summed E-state index contributed by atoms with van der Waals surface area (Å²) in [5, 5.41) is 0. The standard InChI is InChI=1S/C24H23NO4/c1-28-24(27)21-13-8-14-22(15-21)29-18-23(26)25(16-19-9-4-2-5-10-19)17-20-11-6-3-7-12-20/h2-15H,16-18H2,1H3. The molecule has 0 saturated heterocycles. The van der Waals surface area contributed by atoms with Crippen LogP contribution in [0.4, 0.5) is 0 Å². The Morgan fingerprint density at radius 3 is 1.93 bits per heavy atom. The van der Waals surface area contributed by atoms with Gasteiger partial charge in [-0.25, -0.2) is 4.79 Å². The van der Waals surface area contributed by atoms with Gasteiger partial charge < -0.3 is 14.4 Å². The molecule has 0 atom stereocenters. The van der Waals surface area contributed by atoms with Gasteiger partial charge in [0.25, 0.3) is 5.91 Å². The molecule has 0 spiro atoms. The summed E-state index contributed by atoms with van der Waals surface area (Å²) in [4.78, 5) is 26.3. The van der Waals surface area contributed by atoms with Crippen LogP contribution in [-0.2, 0) is 22.6 Å². The Balaban J connectivity index is 1.69. The molecule has 3 rings (SSSR count). The van der Waals surface area contributed by atoms with Gasteiger partial charge in [0.2, 0.25) is 0 Å². The Bertz CT molecular complexity index is 900. The van der Waals surface area contributed by atoms with Crippen LogP contribution in [-0.4, -0.2) is 30.5 Å². The van der Waals surface area contributed by atoms with Crippen LogP contribution in [0.25, 0.3) is 0 Å². The SMILES string of the molecule is COC(=O)c1cccc(OCC(=O)N(Cc2ccccc2)Cc2ccccc2)c1. The van der Waals surface area contributed by atoms with E-state index in [9.17, 15) is 9.59 Å². The smallest absolute Gasteiger partial charge is 0.337 e. The fraction of sp³-hybridized carbons (Fsp3) is 0.167. The van der Waals surface area contributed by atoms with E-state index in [1.165, 1.54) is 7.11 Å². The highest BCUT2D eigenvalue weighted by Crippen LogP contribution is 2.15. The number of ether oxygens (including phenoxy) is 2. The predicted molar refractivity (Wildman–Crippen MR) is 110 cm³/mol. The Morgan fingerprint density at radius 2 is 1.38 bits per heavy atom. The molecule has 0 heterocycles. The normalized spacial score (nSPS) is 10.2. The van der Waals surface area contributed by atoms with E-state index in [0.29, 0.717) is 24.4 Å². The summed E-state index contributed by atoms with van der Waals surface area (Å²) < 4.78 is 10.4. The zero-order valence-corrected chi connectivity index (χ0v) is 16.3. The highest BCUT2D eigenvalue weighted by molar-refractivity contribution is 5.89. The third-order valence-corrected chi connectivity index (χ3v) is 4.40.